The van der Waals surface area contributed by atoms with Crippen molar-refractivity contribution in [2.75, 3.05) is 12.4 Å². The summed E-state index contributed by atoms with van der Waals surface area (Å²) in [7, 11) is 0. The van der Waals surface area contributed by atoms with Gasteiger partial charge in [-0.05, 0) is 41.1 Å². The smallest absolute Gasteiger partial charge is 0.230 e. The van der Waals surface area contributed by atoms with E-state index in [0.717, 1.165) is 29.0 Å². The molecule has 0 aliphatic carbocycles. The van der Waals surface area contributed by atoms with E-state index in [0.29, 0.717) is 11.8 Å². The normalized spacial score (nSPS) is 15.7. The molecule has 1 atom stereocenters. The van der Waals surface area contributed by atoms with Crippen LogP contribution in [0.1, 0.15) is 23.6 Å². The van der Waals surface area contributed by atoms with Crippen molar-refractivity contribution in [2.45, 2.75) is 24.5 Å². The van der Waals surface area contributed by atoms with Gasteiger partial charge in [-0.25, -0.2) is 0 Å². The van der Waals surface area contributed by atoms with E-state index in [1.165, 1.54) is 11.8 Å². The highest BCUT2D eigenvalue weighted by atomic mass is 32.2. The fourth-order valence-electron chi connectivity index (χ4n) is 3.05. The zero-order chi connectivity index (χ0) is 18.6. The molecule has 0 saturated carbocycles. The molecule has 1 aromatic heterocycles. The summed E-state index contributed by atoms with van der Waals surface area (Å²) in [5, 5.41) is 15.5. The maximum Gasteiger partial charge on any atom is 0.230 e. The number of aryl methyl sites for hydroxylation is 1. The van der Waals surface area contributed by atoms with Crippen molar-refractivity contribution in [3.05, 3.63) is 59.7 Å². The molecule has 1 amide bonds. The lowest BCUT2D eigenvalue weighted by molar-refractivity contribution is -0.119. The first-order valence-electron chi connectivity index (χ1n) is 8.70. The Balaban J connectivity index is 1.41. The second-order valence-corrected chi connectivity index (χ2v) is 7.24. The van der Waals surface area contributed by atoms with Crippen LogP contribution >= 0.6 is 11.8 Å². The molecule has 0 fully saturated rings. The Morgan fingerprint density at radius 3 is 3.07 bits per heavy atom. The van der Waals surface area contributed by atoms with Crippen molar-refractivity contribution >= 4 is 17.7 Å². The topological polar surface area (TPSA) is 81.9 Å². The molecule has 27 heavy (non-hydrogen) atoms. The Labute approximate surface area is 161 Å². The number of rotatable bonds is 5. The molecular formula is C19H19N5O2S. The first-order valence-corrected chi connectivity index (χ1v) is 9.68. The zero-order valence-corrected chi connectivity index (χ0v) is 15.6. The third-order valence-electron chi connectivity index (χ3n) is 4.31. The number of carbonyl (C=O) groups excluding carboxylic acids is 1. The number of amides is 1. The van der Waals surface area contributed by atoms with Gasteiger partial charge in [0, 0.05) is 12.0 Å². The number of hydrogen-bond donors (Lipinski definition) is 1. The third-order valence-corrected chi connectivity index (χ3v) is 5.23. The first kappa shape index (κ1) is 17.5. The highest BCUT2D eigenvalue weighted by Gasteiger charge is 2.23. The van der Waals surface area contributed by atoms with E-state index in [1.54, 1.807) is 4.68 Å². The van der Waals surface area contributed by atoms with E-state index in [1.807, 2.05) is 55.5 Å². The van der Waals surface area contributed by atoms with Crippen LogP contribution in [0.25, 0.3) is 5.69 Å². The van der Waals surface area contributed by atoms with E-state index in [2.05, 4.69) is 20.8 Å². The highest BCUT2D eigenvalue weighted by molar-refractivity contribution is 7.99. The van der Waals surface area contributed by atoms with Crippen LogP contribution in [0.5, 0.6) is 5.75 Å². The van der Waals surface area contributed by atoms with Gasteiger partial charge in [-0.3, -0.25) is 4.79 Å². The molecule has 7 nitrogen and oxygen atoms in total. The quantitative estimate of drug-likeness (QED) is 0.685. The van der Waals surface area contributed by atoms with E-state index < -0.39 is 0 Å². The largest absolute Gasteiger partial charge is 0.493 e. The van der Waals surface area contributed by atoms with Crippen molar-refractivity contribution in [2.24, 2.45) is 0 Å². The van der Waals surface area contributed by atoms with Crippen molar-refractivity contribution < 1.29 is 9.53 Å². The lowest BCUT2D eigenvalue weighted by atomic mass is 10.0. The number of nitrogens with one attached hydrogen (secondary N) is 1. The van der Waals surface area contributed by atoms with Crippen LogP contribution < -0.4 is 10.1 Å². The van der Waals surface area contributed by atoms with Crippen LogP contribution in [0.3, 0.4) is 0 Å². The molecular weight excluding hydrogens is 362 g/mol. The molecule has 2 aromatic carbocycles. The maximum absolute atomic E-state index is 12.5. The molecule has 2 heterocycles. The van der Waals surface area contributed by atoms with Crippen molar-refractivity contribution in [3.63, 3.8) is 0 Å². The summed E-state index contributed by atoms with van der Waals surface area (Å²) in [6.45, 7) is 2.61. The number of para-hydroxylation sites is 1. The molecule has 4 rings (SSSR count). The highest BCUT2D eigenvalue weighted by Crippen LogP contribution is 2.31. The van der Waals surface area contributed by atoms with E-state index >= 15 is 0 Å². The van der Waals surface area contributed by atoms with E-state index in [9.17, 15) is 4.79 Å². The van der Waals surface area contributed by atoms with Gasteiger partial charge in [-0.1, -0.05) is 42.1 Å². The van der Waals surface area contributed by atoms with Crippen LogP contribution in [0.15, 0.2) is 53.7 Å². The third kappa shape index (κ3) is 3.95. The minimum atomic E-state index is -0.0551. The van der Waals surface area contributed by atoms with Gasteiger partial charge in [-0.15, -0.1) is 5.10 Å². The number of tetrazole rings is 1. The molecule has 1 aliphatic rings. The molecule has 0 unspecified atom stereocenters. The predicted molar refractivity (Wildman–Crippen MR) is 102 cm³/mol. The summed E-state index contributed by atoms with van der Waals surface area (Å²) in [5.74, 6) is 1.02. The number of fused-ring (bicyclic) bond motifs is 1. The second-order valence-electron chi connectivity index (χ2n) is 6.30. The summed E-state index contributed by atoms with van der Waals surface area (Å²) in [5.41, 5.74) is 3.02. The second kappa shape index (κ2) is 7.79. The molecule has 0 radical (unpaired) electrons. The summed E-state index contributed by atoms with van der Waals surface area (Å²) < 4.78 is 7.29. The number of ether oxygens (including phenoxy) is 1. The SMILES string of the molecule is Cc1cccc(-n2nnnc2SCC(=O)N[C@@H]2CCOc3ccccc32)c1. The Bertz CT molecular complexity index is 959. The standard InChI is InChI=1S/C19H19N5O2S/c1-13-5-4-6-14(11-13)24-19(21-22-23-24)27-12-18(25)20-16-9-10-26-17-8-3-2-7-15(16)17/h2-8,11,16H,9-10,12H2,1H3,(H,20,25)/t16-/m1/s1. The van der Waals surface area contributed by atoms with Gasteiger partial charge in [0.2, 0.25) is 11.1 Å². The molecule has 0 saturated heterocycles. The number of benzene rings is 2. The van der Waals surface area contributed by atoms with Gasteiger partial charge in [0.1, 0.15) is 5.75 Å². The molecule has 1 aliphatic heterocycles. The number of carbonyl (C=O) groups is 1. The molecule has 3 aromatic rings. The molecule has 1 N–H and O–H groups in total. The average molecular weight is 381 g/mol. The fraction of sp³-hybridized carbons (Fsp3) is 0.263. The van der Waals surface area contributed by atoms with Gasteiger partial charge in [-0.2, -0.15) is 4.68 Å². The molecule has 138 valence electrons. The van der Waals surface area contributed by atoms with Crippen LogP contribution in [0.4, 0.5) is 0 Å². The molecule has 0 bridgehead atoms. The zero-order valence-electron chi connectivity index (χ0n) is 14.8. The average Bonchev–Trinajstić information content (AvgIpc) is 3.15. The number of hydrogen-bond acceptors (Lipinski definition) is 6. The van der Waals surface area contributed by atoms with Gasteiger partial charge in [0.05, 0.1) is 24.1 Å². The molecule has 0 spiro atoms. The predicted octanol–water partition coefficient (Wildman–Crippen LogP) is 2.70. The minimum Gasteiger partial charge on any atom is -0.493 e. The lowest BCUT2D eigenvalue weighted by Gasteiger charge is -2.26. The summed E-state index contributed by atoms with van der Waals surface area (Å²) >= 11 is 1.32. The van der Waals surface area contributed by atoms with Crippen LogP contribution in [-0.4, -0.2) is 38.5 Å². The Morgan fingerprint density at radius 1 is 1.30 bits per heavy atom. The summed E-state index contributed by atoms with van der Waals surface area (Å²) in [6.07, 6.45) is 0.758. The summed E-state index contributed by atoms with van der Waals surface area (Å²) in [6, 6.07) is 15.7. The Morgan fingerprint density at radius 2 is 2.19 bits per heavy atom. The van der Waals surface area contributed by atoms with E-state index in [-0.39, 0.29) is 17.7 Å². The molecule has 8 heteroatoms. The number of thioether (sulfide) groups is 1. The Kier molecular flexibility index (Phi) is 5.06. The summed E-state index contributed by atoms with van der Waals surface area (Å²) in [4.78, 5) is 12.5. The monoisotopic (exact) mass is 381 g/mol. The van der Waals surface area contributed by atoms with Crippen LogP contribution in [-0.2, 0) is 4.79 Å². The fourth-order valence-corrected chi connectivity index (χ4v) is 3.75. The number of aromatic nitrogens is 4. The van der Waals surface area contributed by atoms with Crippen molar-refractivity contribution in [1.82, 2.24) is 25.5 Å². The first-order chi connectivity index (χ1) is 13.2. The van der Waals surface area contributed by atoms with Crippen molar-refractivity contribution in [1.29, 1.82) is 0 Å². The van der Waals surface area contributed by atoms with Gasteiger partial charge < -0.3 is 10.1 Å². The minimum absolute atomic E-state index is 0.0317. The van der Waals surface area contributed by atoms with Gasteiger partial charge in [0.15, 0.2) is 0 Å². The maximum atomic E-state index is 12.5. The van der Waals surface area contributed by atoms with Crippen LogP contribution in [0.2, 0.25) is 0 Å². The van der Waals surface area contributed by atoms with Gasteiger partial charge >= 0.3 is 0 Å². The van der Waals surface area contributed by atoms with E-state index in [4.69, 9.17) is 4.74 Å². The lowest BCUT2D eigenvalue weighted by Crippen LogP contribution is -2.33. The van der Waals surface area contributed by atoms with Gasteiger partial charge in [0.25, 0.3) is 0 Å². The van der Waals surface area contributed by atoms with Crippen molar-refractivity contribution in [3.8, 4) is 11.4 Å². The van der Waals surface area contributed by atoms with Crippen LogP contribution in [0, 0.1) is 6.92 Å². The Hall–Kier alpha value is -2.87. The number of nitrogens with zero attached hydrogens (tertiary/aromatic N) is 4.